The maximum absolute atomic E-state index is 13.6. The first-order valence-corrected chi connectivity index (χ1v) is 6.48. The van der Waals surface area contributed by atoms with E-state index in [4.69, 9.17) is 11.6 Å². The summed E-state index contributed by atoms with van der Waals surface area (Å²) in [5.74, 6) is -0.954. The topological polar surface area (TPSA) is 3.24 Å². The molecule has 94 valence electrons. The SMILES string of the molecule is Fc1cccc(CN2CCCCC2CCl)c1F. The smallest absolute Gasteiger partial charge is 0.163 e. The second kappa shape index (κ2) is 5.78. The summed E-state index contributed by atoms with van der Waals surface area (Å²) in [7, 11) is 0. The lowest BCUT2D eigenvalue weighted by Crippen LogP contribution is -2.40. The van der Waals surface area contributed by atoms with Crippen LogP contribution in [-0.4, -0.2) is 23.4 Å². The monoisotopic (exact) mass is 259 g/mol. The Kier molecular flexibility index (Phi) is 4.35. The zero-order valence-corrected chi connectivity index (χ0v) is 10.4. The van der Waals surface area contributed by atoms with Gasteiger partial charge in [-0.1, -0.05) is 18.6 Å². The lowest BCUT2D eigenvalue weighted by molar-refractivity contribution is 0.152. The second-order valence-electron chi connectivity index (χ2n) is 4.49. The number of piperidine rings is 1. The van der Waals surface area contributed by atoms with Crippen LogP contribution in [0.1, 0.15) is 24.8 Å². The van der Waals surface area contributed by atoms with Crippen molar-refractivity contribution in [3.63, 3.8) is 0 Å². The number of nitrogens with zero attached hydrogens (tertiary/aromatic N) is 1. The van der Waals surface area contributed by atoms with Gasteiger partial charge >= 0.3 is 0 Å². The highest BCUT2D eigenvalue weighted by atomic mass is 35.5. The molecule has 1 aromatic carbocycles. The van der Waals surface area contributed by atoms with Gasteiger partial charge in [-0.15, -0.1) is 11.6 Å². The van der Waals surface area contributed by atoms with Gasteiger partial charge in [-0.05, 0) is 25.5 Å². The lowest BCUT2D eigenvalue weighted by Gasteiger charge is -2.34. The van der Waals surface area contributed by atoms with Gasteiger partial charge in [0.1, 0.15) is 0 Å². The highest BCUT2D eigenvalue weighted by molar-refractivity contribution is 6.18. The number of hydrogen-bond acceptors (Lipinski definition) is 1. The number of likely N-dealkylation sites (tertiary alicyclic amines) is 1. The molecule has 1 nitrogen and oxygen atoms in total. The van der Waals surface area contributed by atoms with Gasteiger partial charge in [0.2, 0.25) is 0 Å². The Bertz CT molecular complexity index is 384. The predicted octanol–water partition coefficient (Wildman–Crippen LogP) is 3.56. The molecule has 0 radical (unpaired) electrons. The fourth-order valence-electron chi connectivity index (χ4n) is 2.33. The van der Waals surface area contributed by atoms with Crippen molar-refractivity contribution in [2.24, 2.45) is 0 Å². The third kappa shape index (κ3) is 2.96. The van der Waals surface area contributed by atoms with Crippen molar-refractivity contribution in [3.05, 3.63) is 35.4 Å². The van der Waals surface area contributed by atoms with E-state index in [0.717, 1.165) is 25.5 Å². The second-order valence-corrected chi connectivity index (χ2v) is 4.80. The van der Waals surface area contributed by atoms with Crippen LogP contribution in [-0.2, 0) is 6.54 Å². The molecule has 1 atom stereocenters. The normalized spacial score (nSPS) is 21.7. The highest BCUT2D eigenvalue weighted by Crippen LogP contribution is 2.22. The molecule has 1 aromatic rings. The number of benzene rings is 1. The Hall–Kier alpha value is -0.670. The average Bonchev–Trinajstić information content (AvgIpc) is 2.35. The summed E-state index contributed by atoms with van der Waals surface area (Å²) >= 11 is 5.90. The van der Waals surface area contributed by atoms with E-state index in [0.29, 0.717) is 18.0 Å². The van der Waals surface area contributed by atoms with E-state index in [1.165, 1.54) is 6.42 Å². The van der Waals surface area contributed by atoms with E-state index < -0.39 is 11.6 Å². The van der Waals surface area contributed by atoms with Gasteiger partial charge in [0.15, 0.2) is 11.6 Å². The van der Waals surface area contributed by atoms with E-state index >= 15 is 0 Å². The van der Waals surface area contributed by atoms with Crippen molar-refractivity contribution in [2.45, 2.75) is 31.8 Å². The fraction of sp³-hybridized carbons (Fsp3) is 0.538. The Morgan fingerprint density at radius 3 is 2.88 bits per heavy atom. The van der Waals surface area contributed by atoms with Crippen molar-refractivity contribution in [3.8, 4) is 0 Å². The van der Waals surface area contributed by atoms with Gasteiger partial charge < -0.3 is 0 Å². The maximum atomic E-state index is 13.6. The van der Waals surface area contributed by atoms with Crippen molar-refractivity contribution in [1.82, 2.24) is 4.90 Å². The van der Waals surface area contributed by atoms with Crippen molar-refractivity contribution < 1.29 is 8.78 Å². The molecule has 1 unspecified atom stereocenters. The Morgan fingerprint density at radius 2 is 2.12 bits per heavy atom. The van der Waals surface area contributed by atoms with Crippen LogP contribution in [0.4, 0.5) is 8.78 Å². The van der Waals surface area contributed by atoms with E-state index in [-0.39, 0.29) is 6.04 Å². The van der Waals surface area contributed by atoms with E-state index in [1.54, 1.807) is 12.1 Å². The molecule has 1 heterocycles. The summed E-state index contributed by atoms with van der Waals surface area (Å²) in [4.78, 5) is 2.15. The van der Waals surface area contributed by atoms with E-state index in [1.807, 2.05) is 0 Å². The number of halogens is 3. The molecule has 1 aliphatic heterocycles. The number of rotatable bonds is 3. The molecular formula is C13H16ClF2N. The molecule has 0 N–H and O–H groups in total. The van der Waals surface area contributed by atoms with Gasteiger partial charge in [-0.2, -0.15) is 0 Å². The maximum Gasteiger partial charge on any atom is 0.163 e. The minimum absolute atomic E-state index is 0.285. The largest absolute Gasteiger partial charge is 0.295 e. The van der Waals surface area contributed by atoms with Crippen LogP contribution >= 0.6 is 11.6 Å². The zero-order valence-electron chi connectivity index (χ0n) is 9.63. The van der Waals surface area contributed by atoms with Crippen LogP contribution in [0, 0.1) is 11.6 Å². The standard InChI is InChI=1S/C13H16ClF2N/c14-8-11-5-1-2-7-17(11)9-10-4-3-6-12(15)13(10)16/h3-4,6,11H,1-2,5,7-9H2. The van der Waals surface area contributed by atoms with Crippen LogP contribution in [0.25, 0.3) is 0 Å². The highest BCUT2D eigenvalue weighted by Gasteiger charge is 2.22. The molecule has 0 aliphatic carbocycles. The van der Waals surface area contributed by atoms with Crippen LogP contribution < -0.4 is 0 Å². The molecule has 0 amide bonds. The third-order valence-corrected chi connectivity index (χ3v) is 3.69. The van der Waals surface area contributed by atoms with E-state index in [9.17, 15) is 8.78 Å². The molecule has 17 heavy (non-hydrogen) atoms. The minimum atomic E-state index is -0.776. The van der Waals surface area contributed by atoms with Gasteiger partial charge in [-0.3, -0.25) is 4.90 Å². The van der Waals surface area contributed by atoms with E-state index in [2.05, 4.69) is 4.90 Å². The fourth-order valence-corrected chi connectivity index (χ4v) is 2.68. The first kappa shape index (κ1) is 12.8. The summed E-state index contributed by atoms with van der Waals surface area (Å²) in [6, 6.07) is 4.62. The molecule has 0 bridgehead atoms. The van der Waals surface area contributed by atoms with Gasteiger partial charge in [-0.25, -0.2) is 8.78 Å². The Morgan fingerprint density at radius 1 is 1.29 bits per heavy atom. The summed E-state index contributed by atoms with van der Waals surface area (Å²) in [6.45, 7) is 1.36. The third-order valence-electron chi connectivity index (χ3n) is 3.33. The first-order valence-electron chi connectivity index (χ1n) is 5.95. The molecule has 1 aliphatic rings. The van der Waals surface area contributed by atoms with Gasteiger partial charge in [0.25, 0.3) is 0 Å². The summed E-state index contributed by atoms with van der Waals surface area (Å²) < 4.78 is 26.6. The number of alkyl halides is 1. The molecular weight excluding hydrogens is 244 g/mol. The summed E-state index contributed by atoms with van der Waals surface area (Å²) in [5, 5.41) is 0. The average molecular weight is 260 g/mol. The molecule has 1 saturated heterocycles. The van der Waals surface area contributed by atoms with Crippen LogP contribution in [0.5, 0.6) is 0 Å². The van der Waals surface area contributed by atoms with Crippen LogP contribution in [0.3, 0.4) is 0 Å². The molecule has 0 spiro atoms. The van der Waals surface area contributed by atoms with Crippen LogP contribution in [0.2, 0.25) is 0 Å². The minimum Gasteiger partial charge on any atom is -0.295 e. The zero-order chi connectivity index (χ0) is 12.3. The molecule has 1 fully saturated rings. The molecule has 0 aromatic heterocycles. The molecule has 4 heteroatoms. The lowest BCUT2D eigenvalue weighted by atomic mass is 10.0. The summed E-state index contributed by atoms with van der Waals surface area (Å²) in [6.07, 6.45) is 3.31. The predicted molar refractivity (Wildman–Crippen MR) is 65.1 cm³/mol. The van der Waals surface area contributed by atoms with Gasteiger partial charge in [0, 0.05) is 24.0 Å². The Balaban J connectivity index is 2.11. The van der Waals surface area contributed by atoms with Crippen molar-refractivity contribution in [1.29, 1.82) is 0 Å². The Labute approximate surface area is 105 Å². The molecule has 0 saturated carbocycles. The van der Waals surface area contributed by atoms with Crippen molar-refractivity contribution in [2.75, 3.05) is 12.4 Å². The van der Waals surface area contributed by atoms with Crippen LogP contribution in [0.15, 0.2) is 18.2 Å². The quantitative estimate of drug-likeness (QED) is 0.751. The van der Waals surface area contributed by atoms with Crippen molar-refractivity contribution >= 4 is 11.6 Å². The summed E-state index contributed by atoms with van der Waals surface area (Å²) in [5.41, 5.74) is 0.419. The molecule has 2 rings (SSSR count). The van der Waals surface area contributed by atoms with Gasteiger partial charge in [0.05, 0.1) is 0 Å². The first-order chi connectivity index (χ1) is 8.22. The number of hydrogen-bond donors (Lipinski definition) is 0.